The maximum atomic E-state index is 13.4. The average molecular weight is 567 g/mol. The quantitative estimate of drug-likeness (QED) is 0.143. The Balaban J connectivity index is 1.46. The minimum absolute atomic E-state index is 0.0189. The first-order valence-corrected chi connectivity index (χ1v) is 13.5. The second-order valence-corrected chi connectivity index (χ2v) is 10.6. The number of nitrogens with zero attached hydrogens (tertiary/aromatic N) is 5. The molecule has 0 spiro atoms. The molecular formula is C27H37F3N6O4. The van der Waals surface area contributed by atoms with Crippen LogP contribution in [0.25, 0.3) is 0 Å². The topological polar surface area (TPSA) is 121 Å². The van der Waals surface area contributed by atoms with Crippen LogP contribution in [0.15, 0.2) is 24.4 Å². The first kappa shape index (κ1) is 31.1. The minimum atomic E-state index is -4.59. The number of hydrogen-bond acceptors (Lipinski definition) is 6. The van der Waals surface area contributed by atoms with Gasteiger partial charge in [0.05, 0.1) is 16.9 Å². The van der Waals surface area contributed by atoms with Crippen LogP contribution in [0.5, 0.6) is 0 Å². The van der Waals surface area contributed by atoms with Gasteiger partial charge in [0.25, 0.3) is 5.91 Å². The van der Waals surface area contributed by atoms with Crippen LogP contribution in [0.1, 0.15) is 82.0 Å². The van der Waals surface area contributed by atoms with E-state index in [4.69, 9.17) is 5.21 Å². The number of imide groups is 1. The molecule has 2 heterocycles. The molecule has 220 valence electrons. The van der Waals surface area contributed by atoms with E-state index in [1.807, 2.05) is 6.20 Å². The summed E-state index contributed by atoms with van der Waals surface area (Å²) < 4.78 is 42.0. The van der Waals surface area contributed by atoms with E-state index in [0.717, 1.165) is 55.3 Å². The van der Waals surface area contributed by atoms with Gasteiger partial charge in [0.1, 0.15) is 5.54 Å². The fourth-order valence-electron chi connectivity index (χ4n) is 4.78. The minimum Gasteiger partial charge on any atom is -0.310 e. The molecular weight excluding hydrogens is 529 g/mol. The van der Waals surface area contributed by atoms with Crippen LogP contribution in [0, 0.1) is 6.92 Å². The van der Waals surface area contributed by atoms with Crippen molar-refractivity contribution in [3.8, 4) is 0 Å². The molecule has 3 rings (SSSR count). The molecule has 0 unspecified atom stereocenters. The van der Waals surface area contributed by atoms with E-state index >= 15 is 0 Å². The van der Waals surface area contributed by atoms with Gasteiger partial charge in [-0.1, -0.05) is 30.5 Å². The lowest BCUT2D eigenvalue weighted by atomic mass is 10.0. The fourth-order valence-corrected chi connectivity index (χ4v) is 4.78. The van der Waals surface area contributed by atoms with Gasteiger partial charge in [-0.15, -0.1) is 5.10 Å². The van der Waals surface area contributed by atoms with Crippen molar-refractivity contribution in [2.75, 3.05) is 11.4 Å². The zero-order chi connectivity index (χ0) is 29.5. The summed E-state index contributed by atoms with van der Waals surface area (Å²) in [5, 5.41) is 16.8. The summed E-state index contributed by atoms with van der Waals surface area (Å²) in [7, 11) is 0. The van der Waals surface area contributed by atoms with E-state index in [1.165, 1.54) is 24.0 Å². The summed E-state index contributed by atoms with van der Waals surface area (Å²) >= 11 is 0. The highest BCUT2D eigenvalue weighted by molar-refractivity contribution is 6.23. The zero-order valence-corrected chi connectivity index (χ0v) is 23.1. The fraction of sp³-hybridized carbons (Fsp3) is 0.593. The van der Waals surface area contributed by atoms with Crippen LogP contribution in [0.3, 0.4) is 0 Å². The molecule has 0 radical (unpaired) electrons. The molecule has 1 aliphatic rings. The van der Waals surface area contributed by atoms with Gasteiger partial charge >= 0.3 is 12.2 Å². The summed E-state index contributed by atoms with van der Waals surface area (Å²) in [5.74, 6) is -0.931. The lowest BCUT2D eigenvalue weighted by molar-refractivity contribution is -0.138. The monoisotopic (exact) mass is 566 g/mol. The van der Waals surface area contributed by atoms with E-state index < -0.39 is 29.2 Å². The second-order valence-electron chi connectivity index (χ2n) is 10.6. The molecule has 0 saturated carbocycles. The van der Waals surface area contributed by atoms with Crippen molar-refractivity contribution >= 4 is 23.5 Å². The van der Waals surface area contributed by atoms with E-state index in [1.54, 1.807) is 24.0 Å². The predicted octanol–water partition coefficient (Wildman–Crippen LogP) is 5.02. The number of nitrogens with one attached hydrogen (secondary N) is 1. The number of benzene rings is 1. The van der Waals surface area contributed by atoms with Crippen LogP contribution in [0.2, 0.25) is 0 Å². The van der Waals surface area contributed by atoms with Gasteiger partial charge in [-0.2, -0.15) is 13.2 Å². The van der Waals surface area contributed by atoms with Crippen molar-refractivity contribution in [2.45, 2.75) is 96.8 Å². The number of carbonyl (C=O) groups is 3. The summed E-state index contributed by atoms with van der Waals surface area (Å²) in [6.07, 6.45) is 4.07. The van der Waals surface area contributed by atoms with Crippen LogP contribution in [-0.4, -0.2) is 55.0 Å². The SMILES string of the molecule is Cc1ccc(N2C(=O)N(CCCCc3cn(CCCCCCCC(=O)NO)nn3)C(C)(C)C2=O)cc1C(F)(F)F. The number of alkyl halides is 3. The third-order valence-electron chi connectivity index (χ3n) is 7.17. The normalized spacial score (nSPS) is 15.3. The van der Waals surface area contributed by atoms with E-state index in [-0.39, 0.29) is 23.7 Å². The smallest absolute Gasteiger partial charge is 0.310 e. The van der Waals surface area contributed by atoms with Gasteiger partial charge in [0.2, 0.25) is 5.91 Å². The Morgan fingerprint density at radius 2 is 1.70 bits per heavy atom. The van der Waals surface area contributed by atoms with Gasteiger partial charge in [-0.25, -0.2) is 15.2 Å². The number of unbranched alkanes of at least 4 members (excludes halogenated alkanes) is 5. The molecule has 1 aromatic heterocycles. The zero-order valence-electron chi connectivity index (χ0n) is 23.1. The summed E-state index contributed by atoms with van der Waals surface area (Å²) in [4.78, 5) is 39.5. The highest BCUT2D eigenvalue weighted by Crippen LogP contribution is 2.37. The number of anilines is 1. The third kappa shape index (κ3) is 7.58. The summed E-state index contributed by atoms with van der Waals surface area (Å²) in [6, 6.07) is 2.86. The molecule has 1 aromatic carbocycles. The second kappa shape index (κ2) is 13.2. The van der Waals surface area contributed by atoms with Crippen molar-refractivity contribution in [1.82, 2.24) is 25.4 Å². The Morgan fingerprint density at radius 3 is 2.40 bits per heavy atom. The molecule has 2 N–H and O–H groups in total. The molecule has 1 fully saturated rings. The van der Waals surface area contributed by atoms with Crippen molar-refractivity contribution in [1.29, 1.82) is 0 Å². The molecule has 10 nitrogen and oxygen atoms in total. The number of aryl methyl sites for hydroxylation is 3. The van der Waals surface area contributed by atoms with Crippen molar-refractivity contribution in [3.63, 3.8) is 0 Å². The molecule has 1 aliphatic heterocycles. The number of urea groups is 1. The Kier molecular flexibility index (Phi) is 10.3. The lowest BCUT2D eigenvalue weighted by Gasteiger charge is -2.27. The molecule has 1 saturated heterocycles. The number of aromatic nitrogens is 3. The molecule has 2 aromatic rings. The molecule has 0 atom stereocenters. The molecule has 4 amide bonds. The number of carbonyl (C=O) groups excluding carboxylic acids is 3. The van der Waals surface area contributed by atoms with Crippen molar-refractivity contribution in [3.05, 3.63) is 41.2 Å². The largest absolute Gasteiger partial charge is 0.416 e. The molecule has 0 aliphatic carbocycles. The Labute approximate surface area is 231 Å². The van der Waals surface area contributed by atoms with Crippen molar-refractivity contribution in [2.24, 2.45) is 0 Å². The van der Waals surface area contributed by atoms with Crippen molar-refractivity contribution < 1.29 is 32.8 Å². The number of rotatable bonds is 14. The van der Waals surface area contributed by atoms with E-state index in [2.05, 4.69) is 10.3 Å². The molecule has 0 bridgehead atoms. The molecule has 40 heavy (non-hydrogen) atoms. The number of amides is 4. The number of hydroxylamine groups is 1. The highest BCUT2D eigenvalue weighted by Gasteiger charge is 2.51. The number of halogens is 3. The average Bonchev–Trinajstić information content (AvgIpc) is 3.41. The first-order chi connectivity index (χ1) is 18.9. The predicted molar refractivity (Wildman–Crippen MR) is 140 cm³/mol. The van der Waals surface area contributed by atoms with E-state index in [9.17, 15) is 27.6 Å². The van der Waals surface area contributed by atoms with Crippen LogP contribution in [-0.2, 0) is 28.7 Å². The van der Waals surface area contributed by atoms with Gasteiger partial charge < -0.3 is 4.90 Å². The van der Waals surface area contributed by atoms with E-state index in [0.29, 0.717) is 25.7 Å². The van der Waals surface area contributed by atoms with Gasteiger partial charge in [0, 0.05) is 25.7 Å². The molecule has 13 heteroatoms. The lowest BCUT2D eigenvalue weighted by Crippen LogP contribution is -2.44. The summed E-state index contributed by atoms with van der Waals surface area (Å²) in [6.45, 7) is 5.54. The van der Waals surface area contributed by atoms with Gasteiger partial charge in [-0.05, 0) is 70.6 Å². The Morgan fingerprint density at radius 1 is 1.02 bits per heavy atom. The maximum Gasteiger partial charge on any atom is 0.416 e. The van der Waals surface area contributed by atoms with Gasteiger partial charge in [0.15, 0.2) is 0 Å². The standard InChI is InChI=1S/C27H37F3N6O4/c1-19-13-14-21(17-22(19)27(28,29)30)36-24(38)26(2,3)35(25(36)39)16-10-8-11-20-18-34(33-31-20)15-9-6-4-5-7-12-23(37)32-40/h13-14,17-18,40H,4-12,15-16H2,1-3H3,(H,32,37). The maximum absolute atomic E-state index is 13.4. The Hall–Kier alpha value is -3.48. The first-order valence-electron chi connectivity index (χ1n) is 13.5. The van der Waals surface area contributed by atoms with Crippen LogP contribution >= 0.6 is 0 Å². The number of hydrogen-bond donors (Lipinski definition) is 2. The van der Waals surface area contributed by atoms with Crippen LogP contribution in [0.4, 0.5) is 23.7 Å². The summed E-state index contributed by atoms with van der Waals surface area (Å²) in [5.41, 5.74) is 0.312. The van der Waals surface area contributed by atoms with Crippen LogP contribution < -0.4 is 10.4 Å². The Bertz CT molecular complexity index is 1200. The highest BCUT2D eigenvalue weighted by atomic mass is 19.4. The third-order valence-corrected chi connectivity index (χ3v) is 7.17. The van der Waals surface area contributed by atoms with Gasteiger partial charge in [-0.3, -0.25) is 19.5 Å².